The van der Waals surface area contributed by atoms with Crippen LogP contribution in [0.25, 0.3) is 0 Å². The molecule has 0 aromatic heterocycles. The van der Waals surface area contributed by atoms with Crippen LogP contribution in [0.3, 0.4) is 0 Å². The molecule has 0 radical (unpaired) electrons. The molecule has 0 bridgehead atoms. The Balaban J connectivity index is 2.34. The Morgan fingerprint density at radius 3 is 1.19 bits per heavy atom. The van der Waals surface area contributed by atoms with Crippen LogP contribution in [0, 0.1) is 0 Å². The minimum Gasteiger partial charge on any atom is -0.463 e. The van der Waals surface area contributed by atoms with Gasteiger partial charge in [0.1, 0.15) is 6.61 Å². The molecule has 62 heavy (non-hydrogen) atoms. The highest BCUT2D eigenvalue weighted by Crippen LogP contribution is 2.28. The van der Waals surface area contributed by atoms with Crippen molar-refractivity contribution in [2.24, 2.45) is 0 Å². The first-order valence-corrected chi connectivity index (χ1v) is 26.1. The molecule has 1 aliphatic carbocycles. The van der Waals surface area contributed by atoms with Crippen LogP contribution in [-0.4, -0.2) is 48.8 Å². The van der Waals surface area contributed by atoms with Crippen molar-refractivity contribution in [1.29, 1.82) is 0 Å². The van der Waals surface area contributed by atoms with Crippen molar-refractivity contribution in [3.05, 3.63) is 22.3 Å². The van der Waals surface area contributed by atoms with Gasteiger partial charge in [0, 0.05) is 35.1 Å². The molecule has 1 rings (SSSR count). The summed E-state index contributed by atoms with van der Waals surface area (Å²) in [4.78, 5) is 63.5. The second-order valence-electron chi connectivity index (χ2n) is 18.4. The highest BCUT2D eigenvalue weighted by atomic mass is 16.6. The van der Waals surface area contributed by atoms with Crippen LogP contribution in [0.4, 0.5) is 0 Å². The molecule has 0 heterocycles. The smallest absolute Gasteiger partial charge is 0.351 e. The maximum atomic E-state index is 13.1. The quantitative estimate of drug-likeness (QED) is 0.0258. The number of hydrogen-bond donors (Lipinski definition) is 0. The van der Waals surface area contributed by atoms with Crippen molar-refractivity contribution in [1.82, 2.24) is 0 Å². The fraction of sp³-hybridized carbons (Fsp3) is 0.833. The fourth-order valence-corrected chi connectivity index (χ4v) is 8.37. The van der Waals surface area contributed by atoms with Crippen LogP contribution in [-0.2, 0) is 38.2 Å². The maximum Gasteiger partial charge on any atom is 0.351 e. The van der Waals surface area contributed by atoms with Gasteiger partial charge in [0.05, 0.1) is 6.61 Å². The molecule has 8 nitrogen and oxygen atoms in total. The summed E-state index contributed by atoms with van der Waals surface area (Å²) in [6.45, 7) is 9.68. The van der Waals surface area contributed by atoms with Crippen molar-refractivity contribution in [2.45, 2.75) is 278 Å². The van der Waals surface area contributed by atoms with E-state index >= 15 is 0 Å². The summed E-state index contributed by atoms with van der Waals surface area (Å²) in [7, 11) is 0. The summed E-state index contributed by atoms with van der Waals surface area (Å²) >= 11 is 0. The number of unbranched alkanes of at least 4 members (excludes halogenated alkanes) is 31. The van der Waals surface area contributed by atoms with E-state index < -0.39 is 18.0 Å². The monoisotopic (exact) mass is 871 g/mol. The van der Waals surface area contributed by atoms with Crippen molar-refractivity contribution in [3.63, 3.8) is 0 Å². The fourth-order valence-electron chi connectivity index (χ4n) is 8.37. The molecule has 8 heteroatoms. The second kappa shape index (κ2) is 39.8. The molecule has 1 unspecified atom stereocenters. The van der Waals surface area contributed by atoms with Gasteiger partial charge in [-0.3, -0.25) is 19.2 Å². The number of allylic oxidation sites excluding steroid dienone is 4. The second-order valence-corrected chi connectivity index (χ2v) is 18.4. The molecule has 0 aliphatic heterocycles. The number of rotatable bonds is 43. The zero-order valence-corrected chi connectivity index (χ0v) is 40.9. The Kier molecular flexibility index (Phi) is 36.7. The molecule has 0 saturated carbocycles. The molecule has 0 saturated heterocycles. The third-order valence-electron chi connectivity index (χ3n) is 12.8. The molecule has 0 N–H and O–H groups in total. The van der Waals surface area contributed by atoms with Gasteiger partial charge in [0.25, 0.3) is 0 Å². The zero-order chi connectivity index (χ0) is 45.5. The number of Topliss-reactive ketones (excluding diaryl/α,β-unsaturated/α-hetero) is 2. The van der Waals surface area contributed by atoms with E-state index in [0.717, 1.165) is 77.0 Å². The van der Waals surface area contributed by atoms with Gasteiger partial charge >= 0.3 is 17.9 Å². The van der Waals surface area contributed by atoms with E-state index in [-0.39, 0.29) is 37.2 Å². The average Bonchev–Trinajstić information content (AvgIpc) is 3.26. The predicted molar refractivity (Wildman–Crippen MR) is 255 cm³/mol. The first-order chi connectivity index (χ1) is 30.1. The van der Waals surface area contributed by atoms with Gasteiger partial charge in [0.15, 0.2) is 11.6 Å². The zero-order valence-electron chi connectivity index (χ0n) is 40.9. The van der Waals surface area contributed by atoms with Crippen molar-refractivity contribution >= 4 is 29.5 Å². The first kappa shape index (κ1) is 57.2. The summed E-state index contributed by atoms with van der Waals surface area (Å²) in [5.41, 5.74) is 2.44. The van der Waals surface area contributed by atoms with Gasteiger partial charge in [-0.2, -0.15) is 0 Å². The predicted octanol–water partition coefficient (Wildman–Crippen LogP) is 15.3. The van der Waals surface area contributed by atoms with E-state index in [2.05, 4.69) is 13.8 Å². The third kappa shape index (κ3) is 29.6. The summed E-state index contributed by atoms with van der Waals surface area (Å²) < 4.78 is 16.6. The van der Waals surface area contributed by atoms with Gasteiger partial charge in [-0.1, -0.05) is 206 Å². The summed E-state index contributed by atoms with van der Waals surface area (Å²) in [6.07, 6.45) is 39.6. The highest BCUT2D eigenvalue weighted by molar-refractivity contribution is 6.24. The molecule has 0 aromatic carbocycles. The third-order valence-corrected chi connectivity index (χ3v) is 12.8. The lowest BCUT2D eigenvalue weighted by atomic mass is 9.84. The number of esters is 3. The van der Waals surface area contributed by atoms with Crippen molar-refractivity contribution in [3.8, 4) is 0 Å². The van der Waals surface area contributed by atoms with Gasteiger partial charge in [0.2, 0.25) is 6.10 Å². The number of carbonyl (C=O) groups excluding carboxylic acids is 5. The molecule has 0 fully saturated rings. The molecular weight excluding hydrogens is 777 g/mol. The molecular formula is C54H94O8. The number of carbonyl (C=O) groups is 5. The Hall–Kier alpha value is -2.77. The average molecular weight is 871 g/mol. The largest absolute Gasteiger partial charge is 0.463 e. The molecule has 1 aliphatic rings. The standard InChI is InChI=1S/C54H94O8/c1-6-8-10-12-14-16-18-20-22-24-29-33-37-41-50(55)61-44-49(62-51(56)42-38-34-30-25-23-21-19-17-15-13-11-9-7-2)54(59)60-43-39-35-31-27-26-28-32-36-40-48-47(5)52(57)45(3)46(4)53(48)58/h49H,6-44H2,1-5H3. The van der Waals surface area contributed by atoms with Gasteiger partial charge in [-0.25, -0.2) is 4.79 Å². The van der Waals surface area contributed by atoms with Crippen LogP contribution in [0.1, 0.15) is 272 Å². The minimum atomic E-state index is -1.24. The van der Waals surface area contributed by atoms with Gasteiger partial charge in [-0.05, 0) is 52.9 Å². The van der Waals surface area contributed by atoms with Crippen molar-refractivity contribution < 1.29 is 38.2 Å². The van der Waals surface area contributed by atoms with Crippen LogP contribution in [0.5, 0.6) is 0 Å². The Labute approximate surface area is 380 Å². The number of ketones is 2. The molecule has 358 valence electrons. The molecule has 0 amide bonds. The molecule has 0 spiro atoms. The van der Waals surface area contributed by atoms with E-state index in [4.69, 9.17) is 14.2 Å². The summed E-state index contributed by atoms with van der Waals surface area (Å²) in [5.74, 6) is -1.45. The highest BCUT2D eigenvalue weighted by Gasteiger charge is 2.28. The van der Waals surface area contributed by atoms with Crippen LogP contribution in [0.15, 0.2) is 22.3 Å². The number of ether oxygens (including phenoxy) is 3. The summed E-state index contributed by atoms with van der Waals surface area (Å²) in [5, 5.41) is 0. The van der Waals surface area contributed by atoms with Crippen molar-refractivity contribution in [2.75, 3.05) is 13.2 Å². The Bertz CT molecular complexity index is 1280. The Morgan fingerprint density at radius 2 is 0.758 bits per heavy atom. The van der Waals surface area contributed by atoms with E-state index in [0.29, 0.717) is 48.0 Å². The van der Waals surface area contributed by atoms with E-state index in [1.165, 1.54) is 128 Å². The van der Waals surface area contributed by atoms with Crippen LogP contribution >= 0.6 is 0 Å². The first-order valence-electron chi connectivity index (χ1n) is 26.1. The van der Waals surface area contributed by atoms with E-state index in [9.17, 15) is 24.0 Å². The maximum absolute atomic E-state index is 13.1. The normalized spacial score (nSPS) is 13.6. The van der Waals surface area contributed by atoms with Crippen LogP contribution in [0.2, 0.25) is 0 Å². The Morgan fingerprint density at radius 1 is 0.403 bits per heavy atom. The van der Waals surface area contributed by atoms with E-state index in [1.54, 1.807) is 20.8 Å². The summed E-state index contributed by atoms with van der Waals surface area (Å²) in [6, 6.07) is 0. The van der Waals surface area contributed by atoms with Crippen LogP contribution < -0.4 is 0 Å². The lowest BCUT2D eigenvalue weighted by Crippen LogP contribution is -2.34. The molecule has 0 aromatic rings. The van der Waals surface area contributed by atoms with Gasteiger partial charge in [-0.15, -0.1) is 0 Å². The van der Waals surface area contributed by atoms with Gasteiger partial charge < -0.3 is 14.2 Å². The topological polar surface area (TPSA) is 113 Å². The SMILES string of the molecule is CCCCCCCCCCCCCCCC(=O)OCC(OC(=O)CCCCCCCCCCCCCCC)C(=O)OCCCCCCCCCCC1=C(C)C(=O)C(C)=C(C)C1=O. The minimum absolute atomic E-state index is 0.00151. The molecule has 1 atom stereocenters. The van der Waals surface area contributed by atoms with E-state index in [1.807, 2.05) is 0 Å². The number of hydrogen-bond acceptors (Lipinski definition) is 8. The lowest BCUT2D eigenvalue weighted by molar-refractivity contribution is -0.174. The lowest BCUT2D eigenvalue weighted by Gasteiger charge is -2.18.